The smallest absolute Gasteiger partial charge is 0.270 e. The highest BCUT2D eigenvalue weighted by molar-refractivity contribution is 5.83. The van der Waals surface area contributed by atoms with E-state index in [1.54, 1.807) is 12.1 Å². The second kappa shape index (κ2) is 8.42. The molecule has 0 saturated carbocycles. The van der Waals surface area contributed by atoms with Gasteiger partial charge >= 0.3 is 0 Å². The van der Waals surface area contributed by atoms with Crippen molar-refractivity contribution >= 4 is 17.8 Å². The number of rotatable bonds is 7. The molecule has 2 rings (SSSR count). The van der Waals surface area contributed by atoms with Crippen molar-refractivity contribution in [1.29, 1.82) is 0 Å². The molecule has 0 spiro atoms. The van der Waals surface area contributed by atoms with Gasteiger partial charge in [0.1, 0.15) is 5.75 Å². The number of non-ortho nitro benzene ring substituents is 1. The third-order valence-electron chi connectivity index (χ3n) is 3.16. The SMILES string of the molecule is Cc1ccccc1OCCC(=O)N/N=C/c1cccc([N+](=O)[O-])c1. The molecule has 1 amide bonds. The van der Waals surface area contributed by atoms with Gasteiger partial charge in [0.05, 0.1) is 24.2 Å². The van der Waals surface area contributed by atoms with E-state index in [2.05, 4.69) is 10.5 Å². The Balaban J connectivity index is 1.78. The van der Waals surface area contributed by atoms with Crippen LogP contribution >= 0.6 is 0 Å². The molecule has 7 nitrogen and oxygen atoms in total. The molecule has 0 aliphatic carbocycles. The molecule has 0 aliphatic heterocycles. The molecule has 0 radical (unpaired) electrons. The summed E-state index contributed by atoms with van der Waals surface area (Å²) in [5.74, 6) is 0.440. The summed E-state index contributed by atoms with van der Waals surface area (Å²) in [4.78, 5) is 21.9. The van der Waals surface area contributed by atoms with E-state index in [1.165, 1.54) is 18.3 Å². The fourth-order valence-corrected chi connectivity index (χ4v) is 1.93. The predicted octanol–water partition coefficient (Wildman–Crippen LogP) is 2.82. The molecule has 2 aromatic rings. The Morgan fingerprint density at radius 1 is 1.29 bits per heavy atom. The zero-order chi connectivity index (χ0) is 17.4. The fourth-order valence-electron chi connectivity index (χ4n) is 1.93. The zero-order valence-electron chi connectivity index (χ0n) is 13.1. The van der Waals surface area contributed by atoms with Gasteiger partial charge in [-0.3, -0.25) is 14.9 Å². The summed E-state index contributed by atoms with van der Waals surface area (Å²) in [6.45, 7) is 2.17. The molecule has 0 aliphatic rings. The summed E-state index contributed by atoms with van der Waals surface area (Å²) in [5, 5.41) is 14.5. The number of nitrogens with zero attached hydrogens (tertiary/aromatic N) is 2. The van der Waals surface area contributed by atoms with Gasteiger partial charge in [-0.25, -0.2) is 5.43 Å². The second-order valence-corrected chi connectivity index (χ2v) is 5.01. The van der Waals surface area contributed by atoms with Crippen LogP contribution in [0.2, 0.25) is 0 Å². The van der Waals surface area contributed by atoms with E-state index < -0.39 is 4.92 Å². The van der Waals surface area contributed by atoms with E-state index in [0.717, 1.165) is 11.3 Å². The highest BCUT2D eigenvalue weighted by Crippen LogP contribution is 2.16. The van der Waals surface area contributed by atoms with E-state index in [0.29, 0.717) is 5.56 Å². The molecule has 0 unspecified atom stereocenters. The lowest BCUT2D eigenvalue weighted by atomic mass is 10.2. The highest BCUT2D eigenvalue weighted by Gasteiger charge is 2.05. The van der Waals surface area contributed by atoms with Crippen LogP contribution in [0.1, 0.15) is 17.5 Å². The molecule has 0 atom stereocenters. The summed E-state index contributed by atoms with van der Waals surface area (Å²) in [6.07, 6.45) is 1.51. The molecule has 1 N–H and O–H groups in total. The number of nitro groups is 1. The summed E-state index contributed by atoms with van der Waals surface area (Å²) in [7, 11) is 0. The van der Waals surface area contributed by atoms with E-state index in [4.69, 9.17) is 4.74 Å². The maximum Gasteiger partial charge on any atom is 0.270 e. The van der Waals surface area contributed by atoms with Gasteiger partial charge in [0.2, 0.25) is 5.91 Å². The van der Waals surface area contributed by atoms with Crippen LogP contribution in [-0.4, -0.2) is 23.7 Å². The summed E-state index contributed by atoms with van der Waals surface area (Å²) in [6, 6.07) is 13.5. The first-order chi connectivity index (χ1) is 11.6. The zero-order valence-corrected chi connectivity index (χ0v) is 13.1. The van der Waals surface area contributed by atoms with Crippen LogP contribution in [0.15, 0.2) is 53.6 Å². The topological polar surface area (TPSA) is 93.8 Å². The van der Waals surface area contributed by atoms with Crippen LogP contribution in [-0.2, 0) is 4.79 Å². The molecule has 7 heteroatoms. The van der Waals surface area contributed by atoms with Gasteiger partial charge in [0.15, 0.2) is 0 Å². The van der Waals surface area contributed by atoms with Crippen LogP contribution in [0.4, 0.5) is 5.69 Å². The largest absolute Gasteiger partial charge is 0.493 e. The number of benzene rings is 2. The van der Waals surface area contributed by atoms with Crippen LogP contribution in [0.5, 0.6) is 5.75 Å². The third-order valence-corrected chi connectivity index (χ3v) is 3.16. The molecule has 0 aromatic heterocycles. The van der Waals surface area contributed by atoms with Gasteiger partial charge in [0.25, 0.3) is 5.69 Å². The maximum atomic E-state index is 11.7. The lowest BCUT2D eigenvalue weighted by Crippen LogP contribution is -2.20. The molecular weight excluding hydrogens is 310 g/mol. The lowest BCUT2D eigenvalue weighted by molar-refractivity contribution is -0.384. The number of amides is 1. The number of nitrogens with one attached hydrogen (secondary N) is 1. The number of carbonyl (C=O) groups excluding carboxylic acids is 1. The molecular formula is C17H17N3O4. The van der Waals surface area contributed by atoms with Crippen molar-refractivity contribution in [3.05, 3.63) is 69.8 Å². The first-order valence-electron chi connectivity index (χ1n) is 7.31. The highest BCUT2D eigenvalue weighted by atomic mass is 16.6. The molecule has 0 bridgehead atoms. The Morgan fingerprint density at radius 2 is 2.08 bits per heavy atom. The van der Waals surface area contributed by atoms with Crippen LogP contribution < -0.4 is 10.2 Å². The van der Waals surface area contributed by atoms with Crippen molar-refractivity contribution in [2.75, 3.05) is 6.61 Å². The number of hydrazone groups is 1. The van der Waals surface area contributed by atoms with E-state index in [1.807, 2.05) is 31.2 Å². The van der Waals surface area contributed by atoms with Gasteiger partial charge in [-0.05, 0) is 18.6 Å². The Labute approximate surface area is 139 Å². The van der Waals surface area contributed by atoms with Gasteiger partial charge in [-0.15, -0.1) is 0 Å². The van der Waals surface area contributed by atoms with Crippen molar-refractivity contribution in [3.63, 3.8) is 0 Å². The number of aryl methyl sites for hydroxylation is 1. The van der Waals surface area contributed by atoms with Crippen molar-refractivity contribution in [3.8, 4) is 5.75 Å². The van der Waals surface area contributed by atoms with E-state index in [-0.39, 0.29) is 24.6 Å². The Kier molecular flexibility index (Phi) is 6.01. The number of nitro benzene ring substituents is 1. The monoisotopic (exact) mass is 327 g/mol. The Bertz CT molecular complexity index is 759. The minimum Gasteiger partial charge on any atom is -0.493 e. The van der Waals surface area contributed by atoms with Crippen LogP contribution in [0.3, 0.4) is 0 Å². The molecule has 0 saturated heterocycles. The molecule has 0 fully saturated rings. The van der Waals surface area contributed by atoms with Gasteiger partial charge in [-0.2, -0.15) is 5.10 Å². The predicted molar refractivity (Wildman–Crippen MR) is 90.1 cm³/mol. The van der Waals surface area contributed by atoms with E-state index >= 15 is 0 Å². The van der Waals surface area contributed by atoms with Gasteiger partial charge in [-0.1, -0.05) is 30.3 Å². The van der Waals surface area contributed by atoms with Crippen molar-refractivity contribution < 1.29 is 14.5 Å². The number of ether oxygens (including phenoxy) is 1. The quantitative estimate of drug-likeness (QED) is 0.480. The minimum atomic E-state index is -0.487. The number of para-hydroxylation sites is 1. The van der Waals surface area contributed by atoms with Crippen molar-refractivity contribution in [2.24, 2.45) is 5.10 Å². The maximum absolute atomic E-state index is 11.7. The summed E-state index contributed by atoms with van der Waals surface area (Å²) >= 11 is 0. The molecule has 24 heavy (non-hydrogen) atoms. The van der Waals surface area contributed by atoms with E-state index in [9.17, 15) is 14.9 Å². The van der Waals surface area contributed by atoms with Crippen LogP contribution in [0, 0.1) is 17.0 Å². The average molecular weight is 327 g/mol. The number of hydrogen-bond acceptors (Lipinski definition) is 5. The first-order valence-corrected chi connectivity index (χ1v) is 7.31. The number of hydrogen-bond donors (Lipinski definition) is 1. The average Bonchev–Trinajstić information content (AvgIpc) is 2.57. The third kappa shape index (κ3) is 5.20. The molecule has 124 valence electrons. The normalized spacial score (nSPS) is 10.5. The van der Waals surface area contributed by atoms with Crippen molar-refractivity contribution in [2.45, 2.75) is 13.3 Å². The Morgan fingerprint density at radius 3 is 2.83 bits per heavy atom. The van der Waals surface area contributed by atoms with Crippen LogP contribution in [0.25, 0.3) is 0 Å². The Hall–Kier alpha value is -3.22. The lowest BCUT2D eigenvalue weighted by Gasteiger charge is -2.07. The van der Waals surface area contributed by atoms with Crippen molar-refractivity contribution in [1.82, 2.24) is 5.43 Å². The summed E-state index contributed by atoms with van der Waals surface area (Å²) < 4.78 is 5.53. The number of carbonyl (C=O) groups is 1. The summed E-state index contributed by atoms with van der Waals surface area (Å²) in [5.41, 5.74) is 3.86. The molecule has 2 aromatic carbocycles. The fraction of sp³-hybridized carbons (Fsp3) is 0.176. The van der Waals surface area contributed by atoms with Gasteiger partial charge < -0.3 is 4.74 Å². The first kappa shape index (κ1) is 17.1. The second-order valence-electron chi connectivity index (χ2n) is 5.01. The standard InChI is InChI=1S/C17H17N3O4/c1-13-5-2-3-8-16(13)24-10-9-17(21)19-18-12-14-6-4-7-15(11-14)20(22)23/h2-8,11-12H,9-10H2,1H3,(H,19,21)/b18-12+. The van der Waals surface area contributed by atoms with Gasteiger partial charge in [0, 0.05) is 17.7 Å². The minimum absolute atomic E-state index is 0.0306. The molecule has 0 heterocycles.